The third kappa shape index (κ3) is 4.25. The minimum absolute atomic E-state index is 0.108. The number of aromatic hydroxyl groups is 1. The molecule has 0 aliphatic carbocycles. The number of rotatable bonds is 4. The normalized spacial score (nSPS) is 9.89. The van der Waals surface area contributed by atoms with Crippen molar-refractivity contribution in [1.29, 1.82) is 0 Å². The van der Waals surface area contributed by atoms with Crippen LogP contribution in [-0.2, 0) is 9.59 Å². The average molecular weight is 271 g/mol. The van der Waals surface area contributed by atoms with Crippen molar-refractivity contribution < 1.29 is 14.7 Å². The first kappa shape index (κ1) is 14.3. The molecule has 0 aliphatic rings. The van der Waals surface area contributed by atoms with Gasteiger partial charge in [0.15, 0.2) is 0 Å². The summed E-state index contributed by atoms with van der Waals surface area (Å²) in [6.07, 6.45) is 0.610. The second kappa shape index (κ2) is 6.86. The number of hydrogen-bond acceptors (Lipinski definition) is 3. The first-order chi connectivity index (χ1) is 8.54. The van der Waals surface area contributed by atoms with E-state index in [1.165, 1.54) is 18.2 Å². The molecule has 0 saturated carbocycles. The van der Waals surface area contributed by atoms with Crippen LogP contribution in [0.5, 0.6) is 5.75 Å². The Hall–Kier alpha value is -1.75. The largest absolute Gasteiger partial charge is 0.508 e. The lowest BCUT2D eigenvalue weighted by molar-refractivity contribution is -0.136. The fourth-order valence-corrected chi connectivity index (χ4v) is 1.45. The average Bonchev–Trinajstić information content (AvgIpc) is 2.32. The highest BCUT2D eigenvalue weighted by molar-refractivity contribution is 6.39. The summed E-state index contributed by atoms with van der Waals surface area (Å²) in [6.45, 7) is 2.09. The number of phenols is 1. The number of amides is 2. The van der Waals surface area contributed by atoms with Crippen molar-refractivity contribution in [1.82, 2.24) is 5.32 Å². The molecule has 0 fully saturated rings. The Balaban J connectivity index is 2.56. The molecule has 3 N–H and O–H groups in total. The van der Waals surface area contributed by atoms with Crippen LogP contribution in [0.15, 0.2) is 18.2 Å². The Bertz CT molecular complexity index is 449. The van der Waals surface area contributed by atoms with E-state index in [-0.39, 0.29) is 5.75 Å². The molecular formula is C12H15ClN2O3. The molecule has 0 aliphatic heterocycles. The Kier molecular flexibility index (Phi) is 5.45. The Morgan fingerprint density at radius 1 is 1.33 bits per heavy atom. The number of hydrogen-bond donors (Lipinski definition) is 3. The van der Waals surface area contributed by atoms with Crippen LogP contribution in [-0.4, -0.2) is 29.3 Å². The lowest BCUT2D eigenvalue weighted by Crippen LogP contribution is -2.36. The highest BCUT2D eigenvalue weighted by atomic mass is 35.5. The fraction of sp³-hybridized carbons (Fsp3) is 0.333. The van der Waals surface area contributed by atoms with Crippen LogP contribution in [0.1, 0.15) is 12.0 Å². The molecule has 0 bridgehead atoms. The van der Waals surface area contributed by atoms with Crippen molar-refractivity contribution in [3.63, 3.8) is 0 Å². The summed E-state index contributed by atoms with van der Waals surface area (Å²) in [6, 6.07) is 4.48. The van der Waals surface area contributed by atoms with Gasteiger partial charge in [0.2, 0.25) is 0 Å². The summed E-state index contributed by atoms with van der Waals surface area (Å²) < 4.78 is 0. The quantitative estimate of drug-likeness (QED) is 0.335. The van der Waals surface area contributed by atoms with Gasteiger partial charge in [0.1, 0.15) is 5.75 Å². The van der Waals surface area contributed by atoms with E-state index in [4.69, 9.17) is 11.6 Å². The van der Waals surface area contributed by atoms with Gasteiger partial charge < -0.3 is 15.7 Å². The van der Waals surface area contributed by atoms with Gasteiger partial charge in [0.25, 0.3) is 0 Å². The smallest absolute Gasteiger partial charge is 0.313 e. The molecule has 1 aromatic carbocycles. The van der Waals surface area contributed by atoms with Crippen molar-refractivity contribution in [2.45, 2.75) is 13.3 Å². The van der Waals surface area contributed by atoms with Crippen molar-refractivity contribution >= 4 is 29.1 Å². The van der Waals surface area contributed by atoms with E-state index in [9.17, 15) is 14.7 Å². The molecule has 1 rings (SSSR count). The number of carbonyl (C=O) groups is 2. The maximum atomic E-state index is 11.5. The van der Waals surface area contributed by atoms with Gasteiger partial charge in [-0.1, -0.05) is 0 Å². The molecule has 0 heterocycles. The number of phenolic OH excluding ortho intramolecular Hbond substituents is 1. The van der Waals surface area contributed by atoms with Crippen molar-refractivity contribution in [3.05, 3.63) is 23.8 Å². The van der Waals surface area contributed by atoms with E-state index in [1.54, 1.807) is 6.92 Å². The van der Waals surface area contributed by atoms with Gasteiger partial charge >= 0.3 is 11.8 Å². The first-order valence-electron chi connectivity index (χ1n) is 5.49. The van der Waals surface area contributed by atoms with Gasteiger partial charge in [-0.15, -0.1) is 11.6 Å². The zero-order valence-corrected chi connectivity index (χ0v) is 10.8. The molecule has 0 unspecified atom stereocenters. The van der Waals surface area contributed by atoms with Crippen LogP contribution in [0.25, 0.3) is 0 Å². The zero-order valence-electron chi connectivity index (χ0n) is 10.00. The summed E-state index contributed by atoms with van der Waals surface area (Å²) in [5.74, 6) is -0.901. The Morgan fingerprint density at radius 3 is 2.67 bits per heavy atom. The number of nitrogens with one attached hydrogen (secondary N) is 2. The minimum Gasteiger partial charge on any atom is -0.508 e. The number of benzene rings is 1. The highest BCUT2D eigenvalue weighted by Gasteiger charge is 2.13. The topological polar surface area (TPSA) is 78.4 Å². The summed E-state index contributed by atoms with van der Waals surface area (Å²) >= 11 is 5.45. The Morgan fingerprint density at radius 2 is 2.06 bits per heavy atom. The fourth-order valence-electron chi connectivity index (χ4n) is 1.32. The molecule has 98 valence electrons. The van der Waals surface area contributed by atoms with Gasteiger partial charge in [-0.05, 0) is 37.1 Å². The second-order valence-corrected chi connectivity index (χ2v) is 4.13. The van der Waals surface area contributed by atoms with Gasteiger partial charge in [-0.2, -0.15) is 0 Å². The van der Waals surface area contributed by atoms with Crippen LogP contribution >= 0.6 is 11.6 Å². The van der Waals surface area contributed by atoms with Gasteiger partial charge in [-0.3, -0.25) is 9.59 Å². The molecule has 5 nitrogen and oxygen atoms in total. The number of carbonyl (C=O) groups excluding carboxylic acids is 2. The van der Waals surface area contributed by atoms with Crippen molar-refractivity contribution in [3.8, 4) is 5.75 Å². The van der Waals surface area contributed by atoms with Crippen LogP contribution in [0.4, 0.5) is 5.69 Å². The van der Waals surface area contributed by atoms with E-state index < -0.39 is 11.8 Å². The van der Waals surface area contributed by atoms with Crippen LogP contribution < -0.4 is 10.6 Å². The van der Waals surface area contributed by atoms with Crippen molar-refractivity contribution in [2.24, 2.45) is 0 Å². The molecule has 0 radical (unpaired) electrons. The van der Waals surface area contributed by atoms with E-state index in [0.717, 1.165) is 0 Å². The molecule has 6 heteroatoms. The third-order valence-corrected chi connectivity index (χ3v) is 2.53. The van der Waals surface area contributed by atoms with E-state index in [0.29, 0.717) is 30.1 Å². The van der Waals surface area contributed by atoms with Gasteiger partial charge in [0.05, 0.1) is 0 Å². The molecular weight excluding hydrogens is 256 g/mol. The van der Waals surface area contributed by atoms with E-state index in [2.05, 4.69) is 10.6 Å². The van der Waals surface area contributed by atoms with Gasteiger partial charge in [0, 0.05) is 18.1 Å². The molecule has 0 saturated heterocycles. The number of alkyl halides is 1. The lowest BCUT2D eigenvalue weighted by Gasteiger charge is -2.08. The summed E-state index contributed by atoms with van der Waals surface area (Å²) in [4.78, 5) is 22.9. The Labute approximate surface area is 110 Å². The van der Waals surface area contributed by atoms with Gasteiger partial charge in [-0.25, -0.2) is 0 Å². The summed E-state index contributed by atoms with van der Waals surface area (Å²) in [5, 5.41) is 14.1. The first-order valence-corrected chi connectivity index (χ1v) is 6.03. The molecule has 0 atom stereocenters. The number of aryl methyl sites for hydroxylation is 1. The third-order valence-electron chi connectivity index (χ3n) is 2.26. The maximum Gasteiger partial charge on any atom is 0.313 e. The number of anilines is 1. The summed E-state index contributed by atoms with van der Waals surface area (Å²) in [5.41, 5.74) is 1.17. The predicted molar refractivity (Wildman–Crippen MR) is 69.8 cm³/mol. The highest BCUT2D eigenvalue weighted by Crippen LogP contribution is 2.19. The molecule has 0 aromatic heterocycles. The predicted octanol–water partition coefficient (Wildman–Crippen LogP) is 1.38. The van der Waals surface area contributed by atoms with E-state index >= 15 is 0 Å². The molecule has 2 amide bonds. The SMILES string of the molecule is Cc1cc(O)ccc1NC(=O)C(=O)NCCCCl. The zero-order chi connectivity index (χ0) is 13.5. The molecule has 0 spiro atoms. The standard InChI is InChI=1S/C12H15ClN2O3/c1-8-7-9(16)3-4-10(8)15-12(18)11(17)14-6-2-5-13/h3-4,7,16H,2,5-6H2,1H3,(H,14,17)(H,15,18). The van der Waals surface area contributed by atoms with Crippen LogP contribution in [0, 0.1) is 6.92 Å². The van der Waals surface area contributed by atoms with Crippen LogP contribution in [0.3, 0.4) is 0 Å². The second-order valence-electron chi connectivity index (χ2n) is 3.75. The number of halogens is 1. The molecule has 1 aromatic rings. The minimum atomic E-state index is -0.738. The summed E-state index contributed by atoms with van der Waals surface area (Å²) in [7, 11) is 0. The monoisotopic (exact) mass is 270 g/mol. The lowest BCUT2D eigenvalue weighted by atomic mass is 10.2. The van der Waals surface area contributed by atoms with Crippen LogP contribution in [0.2, 0.25) is 0 Å². The maximum absolute atomic E-state index is 11.5. The molecule has 18 heavy (non-hydrogen) atoms. The van der Waals surface area contributed by atoms with Crippen molar-refractivity contribution in [2.75, 3.05) is 17.7 Å². The van der Waals surface area contributed by atoms with E-state index in [1.807, 2.05) is 0 Å².